The molecule has 0 atom stereocenters. The van der Waals surface area contributed by atoms with Crippen LogP contribution in [0, 0.1) is 26.2 Å². The van der Waals surface area contributed by atoms with Crippen molar-refractivity contribution < 1.29 is 0 Å². The molecule has 0 aliphatic carbocycles. The van der Waals surface area contributed by atoms with E-state index in [4.69, 9.17) is 23.0 Å². The summed E-state index contributed by atoms with van der Waals surface area (Å²) >= 11 is 7.59. The highest BCUT2D eigenvalue weighted by atomic mass is 35.5. The molecular formula is C18H15ClN2OS. The summed E-state index contributed by atoms with van der Waals surface area (Å²) in [4.78, 5) is 19.4. The average molecular weight is 343 g/mol. The number of rotatable bonds is 3. The lowest BCUT2D eigenvalue weighted by Gasteiger charge is -2.10. The molecule has 0 N–H and O–H groups in total. The maximum Gasteiger partial charge on any atom is 0.263 e. The van der Waals surface area contributed by atoms with Crippen LogP contribution in [0.15, 0.2) is 29.1 Å². The molecule has 1 aromatic carbocycles. The van der Waals surface area contributed by atoms with E-state index in [-0.39, 0.29) is 12.1 Å². The second-order valence-corrected chi connectivity index (χ2v) is 7.03. The summed E-state index contributed by atoms with van der Waals surface area (Å²) in [5, 5.41) is 1.34. The average Bonchev–Trinajstić information content (AvgIpc) is 2.78. The second kappa shape index (κ2) is 6.19. The number of thiophene rings is 1. The van der Waals surface area contributed by atoms with Crippen LogP contribution in [0.25, 0.3) is 10.2 Å². The van der Waals surface area contributed by atoms with Crippen LogP contribution in [-0.2, 0) is 13.0 Å². The topological polar surface area (TPSA) is 34.9 Å². The maximum atomic E-state index is 12.8. The number of fused-ring (bicyclic) bond motifs is 1. The number of terminal acetylenes is 1. The highest BCUT2D eigenvalue weighted by Gasteiger charge is 2.16. The fraction of sp³-hybridized carbons (Fsp3) is 0.222. The van der Waals surface area contributed by atoms with Crippen LogP contribution < -0.4 is 5.56 Å². The summed E-state index contributed by atoms with van der Waals surface area (Å²) in [5.41, 5.74) is 1.92. The van der Waals surface area contributed by atoms with Crippen LogP contribution in [0.3, 0.4) is 0 Å². The highest BCUT2D eigenvalue weighted by molar-refractivity contribution is 7.18. The van der Waals surface area contributed by atoms with Gasteiger partial charge in [0.1, 0.15) is 10.7 Å². The smallest absolute Gasteiger partial charge is 0.263 e. The molecule has 3 nitrogen and oxygen atoms in total. The van der Waals surface area contributed by atoms with Crippen LogP contribution >= 0.6 is 22.9 Å². The fourth-order valence-electron chi connectivity index (χ4n) is 2.59. The first-order valence-corrected chi connectivity index (χ1v) is 8.38. The normalized spacial score (nSPS) is 10.9. The van der Waals surface area contributed by atoms with Crippen LogP contribution in [0.1, 0.15) is 21.8 Å². The molecule has 0 aliphatic rings. The van der Waals surface area contributed by atoms with E-state index < -0.39 is 0 Å². The van der Waals surface area contributed by atoms with Crippen molar-refractivity contribution in [1.82, 2.24) is 9.55 Å². The zero-order valence-corrected chi connectivity index (χ0v) is 14.5. The zero-order valence-electron chi connectivity index (χ0n) is 12.9. The third kappa shape index (κ3) is 2.90. The minimum absolute atomic E-state index is 0.0631. The molecule has 0 spiro atoms. The summed E-state index contributed by atoms with van der Waals surface area (Å²) < 4.78 is 1.59. The quantitative estimate of drug-likeness (QED) is 0.675. The molecule has 2 heterocycles. The van der Waals surface area contributed by atoms with E-state index in [1.54, 1.807) is 15.9 Å². The van der Waals surface area contributed by atoms with Crippen molar-refractivity contribution in [1.29, 1.82) is 0 Å². The van der Waals surface area contributed by atoms with E-state index in [2.05, 4.69) is 5.92 Å². The SMILES string of the molecule is C#CCn1c(Cc2cccc(Cl)c2)nc2sc(C)c(C)c2c1=O. The van der Waals surface area contributed by atoms with Gasteiger partial charge in [0.15, 0.2) is 0 Å². The van der Waals surface area contributed by atoms with E-state index >= 15 is 0 Å². The molecule has 0 unspecified atom stereocenters. The van der Waals surface area contributed by atoms with Gasteiger partial charge in [-0.25, -0.2) is 4.98 Å². The van der Waals surface area contributed by atoms with Crippen LogP contribution in [-0.4, -0.2) is 9.55 Å². The molecule has 2 aromatic heterocycles. The number of aromatic nitrogens is 2. The molecule has 0 radical (unpaired) electrons. The Kier molecular flexibility index (Phi) is 4.25. The van der Waals surface area contributed by atoms with Gasteiger partial charge in [-0.2, -0.15) is 0 Å². The van der Waals surface area contributed by atoms with E-state index in [9.17, 15) is 4.79 Å². The minimum atomic E-state index is -0.0631. The third-order valence-corrected chi connectivity index (χ3v) is 5.20. The van der Waals surface area contributed by atoms with Crippen molar-refractivity contribution in [2.45, 2.75) is 26.8 Å². The molecule has 23 heavy (non-hydrogen) atoms. The third-order valence-electron chi connectivity index (χ3n) is 3.87. The Morgan fingerprint density at radius 1 is 1.39 bits per heavy atom. The minimum Gasteiger partial charge on any atom is -0.284 e. The number of nitrogens with zero attached hydrogens (tertiary/aromatic N) is 2. The first-order valence-electron chi connectivity index (χ1n) is 7.18. The highest BCUT2D eigenvalue weighted by Crippen LogP contribution is 2.26. The van der Waals surface area contributed by atoms with Gasteiger partial charge >= 0.3 is 0 Å². The van der Waals surface area contributed by atoms with Gasteiger partial charge in [0.05, 0.1) is 11.9 Å². The van der Waals surface area contributed by atoms with Crippen molar-refractivity contribution in [3.05, 3.63) is 61.5 Å². The van der Waals surface area contributed by atoms with Crippen molar-refractivity contribution in [3.8, 4) is 12.3 Å². The predicted molar refractivity (Wildman–Crippen MR) is 96.4 cm³/mol. The van der Waals surface area contributed by atoms with Gasteiger partial charge in [-0.15, -0.1) is 17.8 Å². The van der Waals surface area contributed by atoms with Gasteiger partial charge in [-0.1, -0.05) is 29.7 Å². The zero-order chi connectivity index (χ0) is 16.6. The predicted octanol–water partition coefficient (Wildman–Crippen LogP) is 3.95. The molecular weight excluding hydrogens is 328 g/mol. The van der Waals surface area contributed by atoms with Crippen molar-refractivity contribution >= 4 is 33.2 Å². The number of hydrogen-bond acceptors (Lipinski definition) is 3. The molecule has 3 rings (SSSR count). The fourth-order valence-corrected chi connectivity index (χ4v) is 3.84. The second-order valence-electron chi connectivity index (χ2n) is 5.39. The molecule has 0 aliphatic heterocycles. The first kappa shape index (κ1) is 15.8. The van der Waals surface area contributed by atoms with Crippen molar-refractivity contribution in [2.24, 2.45) is 0 Å². The Hall–Kier alpha value is -2.09. The van der Waals surface area contributed by atoms with Gasteiger partial charge in [0.2, 0.25) is 0 Å². The molecule has 116 valence electrons. The summed E-state index contributed by atoms with van der Waals surface area (Å²) in [5.74, 6) is 3.22. The molecule has 3 aromatic rings. The van der Waals surface area contributed by atoms with Crippen LogP contribution in [0.4, 0.5) is 0 Å². The molecule has 0 amide bonds. The monoisotopic (exact) mass is 342 g/mol. The Labute approximate surface area is 143 Å². The molecule has 0 saturated heterocycles. The molecule has 0 bridgehead atoms. The van der Waals surface area contributed by atoms with Crippen molar-refractivity contribution in [2.75, 3.05) is 0 Å². The lowest BCUT2D eigenvalue weighted by Crippen LogP contribution is -2.25. The van der Waals surface area contributed by atoms with Gasteiger partial charge in [0, 0.05) is 16.3 Å². The summed E-state index contributed by atoms with van der Waals surface area (Å²) in [6.45, 7) is 4.17. The van der Waals surface area contributed by atoms with Gasteiger partial charge < -0.3 is 0 Å². The number of hydrogen-bond donors (Lipinski definition) is 0. The summed E-state index contributed by atoms with van der Waals surface area (Å²) in [6.07, 6.45) is 5.96. The largest absolute Gasteiger partial charge is 0.284 e. The maximum absolute atomic E-state index is 12.8. The standard InChI is InChI=1S/C18H15ClN2OS/c1-4-8-21-15(10-13-6-5-7-14(19)9-13)20-17-16(18(21)22)11(2)12(3)23-17/h1,5-7,9H,8,10H2,2-3H3. The van der Waals surface area contributed by atoms with E-state index in [0.717, 1.165) is 20.8 Å². The molecule has 0 fully saturated rings. The lowest BCUT2D eigenvalue weighted by molar-refractivity contribution is 0.720. The molecule has 5 heteroatoms. The Bertz CT molecular complexity index is 995. The number of aryl methyl sites for hydroxylation is 2. The Balaban J connectivity index is 2.21. The van der Waals surface area contributed by atoms with E-state index in [1.165, 1.54) is 0 Å². The van der Waals surface area contributed by atoms with Crippen molar-refractivity contribution in [3.63, 3.8) is 0 Å². The number of benzene rings is 1. The Morgan fingerprint density at radius 3 is 2.87 bits per heavy atom. The summed E-state index contributed by atoms with van der Waals surface area (Å²) in [6, 6.07) is 7.55. The van der Waals surface area contributed by atoms with Gasteiger partial charge in [-0.3, -0.25) is 9.36 Å². The van der Waals surface area contributed by atoms with Crippen LogP contribution in [0.2, 0.25) is 5.02 Å². The van der Waals surface area contributed by atoms with E-state index in [1.807, 2.05) is 38.1 Å². The van der Waals surface area contributed by atoms with Crippen LogP contribution in [0.5, 0.6) is 0 Å². The first-order chi connectivity index (χ1) is 11.0. The van der Waals surface area contributed by atoms with Gasteiger partial charge in [0.25, 0.3) is 5.56 Å². The van der Waals surface area contributed by atoms with Gasteiger partial charge in [-0.05, 0) is 37.1 Å². The summed E-state index contributed by atoms with van der Waals surface area (Å²) in [7, 11) is 0. The van der Waals surface area contributed by atoms with E-state index in [0.29, 0.717) is 22.7 Å². The number of halogens is 1. The Morgan fingerprint density at radius 2 is 2.17 bits per heavy atom. The lowest BCUT2D eigenvalue weighted by atomic mass is 10.1. The molecule has 0 saturated carbocycles.